The number of hydrogen-bond acceptors (Lipinski definition) is 5. The molecule has 1 amide bonds. The van der Waals surface area contributed by atoms with E-state index in [0.717, 1.165) is 32.5 Å². The van der Waals surface area contributed by atoms with Gasteiger partial charge in [0.2, 0.25) is 0 Å². The minimum atomic E-state index is -0.0827. The van der Waals surface area contributed by atoms with Crippen LogP contribution >= 0.6 is 11.3 Å². The van der Waals surface area contributed by atoms with Crippen LogP contribution in [0.15, 0.2) is 36.7 Å². The molecule has 0 radical (unpaired) electrons. The van der Waals surface area contributed by atoms with Gasteiger partial charge in [0.05, 0.1) is 9.75 Å². The van der Waals surface area contributed by atoms with Gasteiger partial charge in [-0.05, 0) is 50.1 Å². The van der Waals surface area contributed by atoms with Crippen LogP contribution in [0, 0.1) is 0 Å². The Hall–Kier alpha value is -2.05. The Morgan fingerprint density at radius 2 is 2.17 bits per heavy atom. The second kappa shape index (κ2) is 7.68. The first-order valence-corrected chi connectivity index (χ1v) is 8.96. The molecular formula is C18H21N3O2S. The first kappa shape index (κ1) is 16.8. The Morgan fingerprint density at radius 1 is 1.33 bits per heavy atom. The molecule has 1 aliphatic heterocycles. The third-order valence-corrected chi connectivity index (χ3v) is 5.33. The van der Waals surface area contributed by atoms with Crippen LogP contribution in [0.3, 0.4) is 0 Å². The van der Waals surface area contributed by atoms with E-state index in [1.807, 2.05) is 12.3 Å². The smallest absolute Gasteiger partial charge is 0.261 e. The van der Waals surface area contributed by atoms with E-state index in [2.05, 4.69) is 21.3 Å². The van der Waals surface area contributed by atoms with Gasteiger partial charge in [-0.25, -0.2) is 0 Å². The highest BCUT2D eigenvalue weighted by Gasteiger charge is 2.22. The predicted octanol–water partition coefficient (Wildman–Crippen LogP) is 2.74. The Kier molecular flexibility index (Phi) is 5.37. The Morgan fingerprint density at radius 3 is 2.88 bits per heavy atom. The van der Waals surface area contributed by atoms with Gasteiger partial charge in [0.15, 0.2) is 5.78 Å². The lowest BCUT2D eigenvalue weighted by atomic mass is 10.0. The number of pyridine rings is 1. The first-order chi connectivity index (χ1) is 11.6. The molecular weight excluding hydrogens is 322 g/mol. The molecule has 0 saturated carbocycles. The number of ketones is 1. The molecule has 2 aromatic heterocycles. The van der Waals surface area contributed by atoms with Crippen LogP contribution in [-0.4, -0.2) is 40.7 Å². The summed E-state index contributed by atoms with van der Waals surface area (Å²) in [6.45, 7) is 4.25. The van der Waals surface area contributed by atoms with Crippen molar-refractivity contribution in [1.82, 2.24) is 15.2 Å². The molecule has 1 fully saturated rings. The summed E-state index contributed by atoms with van der Waals surface area (Å²) in [5.74, 6) is -0.0833. The van der Waals surface area contributed by atoms with Crippen molar-refractivity contribution in [3.63, 3.8) is 0 Å². The van der Waals surface area contributed by atoms with Gasteiger partial charge in [0, 0.05) is 31.5 Å². The predicted molar refractivity (Wildman–Crippen MR) is 94.3 cm³/mol. The van der Waals surface area contributed by atoms with Crippen LogP contribution in [0.2, 0.25) is 0 Å². The van der Waals surface area contributed by atoms with Crippen molar-refractivity contribution < 1.29 is 9.59 Å². The highest BCUT2D eigenvalue weighted by molar-refractivity contribution is 7.15. The van der Waals surface area contributed by atoms with Gasteiger partial charge in [-0.2, -0.15) is 0 Å². The van der Waals surface area contributed by atoms with Crippen molar-refractivity contribution in [1.29, 1.82) is 0 Å². The second-order valence-corrected chi connectivity index (χ2v) is 7.21. The second-order valence-electron chi connectivity index (χ2n) is 6.13. The van der Waals surface area contributed by atoms with E-state index in [0.29, 0.717) is 9.75 Å². The zero-order chi connectivity index (χ0) is 16.9. The van der Waals surface area contributed by atoms with Crippen LogP contribution < -0.4 is 5.32 Å². The standard InChI is InChI=1S/C18H21N3O2S/c1-13(22)16-6-7-17(24-16)18(23)20-15-5-3-9-21(12-15)11-14-4-2-8-19-10-14/h2,4,6-8,10,15H,3,5,9,11-12H2,1H3,(H,20,23). The molecule has 5 nitrogen and oxygen atoms in total. The summed E-state index contributed by atoms with van der Waals surface area (Å²) in [5, 5.41) is 3.11. The number of hydrogen-bond donors (Lipinski definition) is 1. The molecule has 3 rings (SSSR count). The lowest BCUT2D eigenvalue weighted by Crippen LogP contribution is -2.47. The fourth-order valence-corrected chi connectivity index (χ4v) is 3.78. The largest absolute Gasteiger partial charge is 0.347 e. The normalized spacial score (nSPS) is 18.3. The SMILES string of the molecule is CC(=O)c1ccc(C(=O)NC2CCCN(Cc3cccnc3)C2)s1. The molecule has 24 heavy (non-hydrogen) atoms. The number of rotatable bonds is 5. The first-order valence-electron chi connectivity index (χ1n) is 8.15. The molecule has 1 saturated heterocycles. The maximum atomic E-state index is 12.4. The summed E-state index contributed by atoms with van der Waals surface area (Å²) in [4.78, 5) is 31.5. The number of Topliss-reactive ketones (excluding diaryl/α,β-unsaturated/α-hetero) is 1. The van der Waals surface area contributed by atoms with Crippen molar-refractivity contribution in [2.24, 2.45) is 0 Å². The summed E-state index contributed by atoms with van der Waals surface area (Å²) < 4.78 is 0. The molecule has 1 N–H and O–H groups in total. The zero-order valence-corrected chi connectivity index (χ0v) is 14.5. The number of aromatic nitrogens is 1. The fraction of sp³-hybridized carbons (Fsp3) is 0.389. The van der Waals surface area contributed by atoms with Crippen LogP contribution in [0.25, 0.3) is 0 Å². The number of carbonyl (C=O) groups excluding carboxylic acids is 2. The van der Waals surface area contributed by atoms with Crippen molar-refractivity contribution in [3.8, 4) is 0 Å². The van der Waals surface area contributed by atoms with Gasteiger partial charge >= 0.3 is 0 Å². The van der Waals surface area contributed by atoms with Crippen LogP contribution in [0.4, 0.5) is 0 Å². The van der Waals surface area contributed by atoms with Gasteiger partial charge in [-0.1, -0.05) is 6.07 Å². The van der Waals surface area contributed by atoms with Crippen molar-refractivity contribution in [3.05, 3.63) is 52.0 Å². The lowest BCUT2D eigenvalue weighted by molar-refractivity contribution is 0.0904. The highest BCUT2D eigenvalue weighted by Crippen LogP contribution is 2.18. The van der Waals surface area contributed by atoms with E-state index in [1.54, 1.807) is 18.3 Å². The summed E-state index contributed by atoms with van der Waals surface area (Å²) in [5.41, 5.74) is 1.19. The van der Waals surface area contributed by atoms with Crippen molar-refractivity contribution in [2.75, 3.05) is 13.1 Å². The van der Waals surface area contributed by atoms with Gasteiger partial charge in [-0.15, -0.1) is 11.3 Å². The quantitative estimate of drug-likeness (QED) is 0.848. The average Bonchev–Trinajstić information content (AvgIpc) is 3.06. The number of piperidine rings is 1. The van der Waals surface area contributed by atoms with Gasteiger partial charge in [-0.3, -0.25) is 19.5 Å². The summed E-state index contributed by atoms with van der Waals surface area (Å²) in [6, 6.07) is 7.61. The maximum Gasteiger partial charge on any atom is 0.261 e. The van der Waals surface area contributed by atoms with Gasteiger partial charge < -0.3 is 5.32 Å². The van der Waals surface area contributed by atoms with Crippen molar-refractivity contribution in [2.45, 2.75) is 32.4 Å². The minimum Gasteiger partial charge on any atom is -0.347 e. The lowest BCUT2D eigenvalue weighted by Gasteiger charge is -2.33. The third kappa shape index (κ3) is 4.27. The summed E-state index contributed by atoms with van der Waals surface area (Å²) >= 11 is 1.26. The number of nitrogens with one attached hydrogen (secondary N) is 1. The number of likely N-dealkylation sites (tertiary alicyclic amines) is 1. The summed E-state index contributed by atoms with van der Waals surface area (Å²) in [7, 11) is 0. The van der Waals surface area contributed by atoms with E-state index in [-0.39, 0.29) is 17.7 Å². The number of nitrogens with zero attached hydrogens (tertiary/aromatic N) is 2. The molecule has 0 aliphatic carbocycles. The molecule has 1 atom stereocenters. The van der Waals surface area contributed by atoms with E-state index >= 15 is 0 Å². The topological polar surface area (TPSA) is 62.3 Å². The molecule has 0 spiro atoms. The molecule has 126 valence electrons. The van der Waals surface area contributed by atoms with Gasteiger partial charge in [0.25, 0.3) is 5.91 Å². The molecule has 1 unspecified atom stereocenters. The van der Waals surface area contributed by atoms with E-state index in [9.17, 15) is 9.59 Å². The number of carbonyl (C=O) groups is 2. The Labute approximate surface area is 145 Å². The maximum absolute atomic E-state index is 12.4. The zero-order valence-electron chi connectivity index (χ0n) is 13.7. The molecule has 1 aliphatic rings. The van der Waals surface area contributed by atoms with E-state index in [1.165, 1.54) is 23.8 Å². The Bertz CT molecular complexity index is 714. The van der Waals surface area contributed by atoms with Gasteiger partial charge in [0.1, 0.15) is 0 Å². The van der Waals surface area contributed by atoms with Crippen molar-refractivity contribution >= 4 is 23.0 Å². The number of amides is 1. The third-order valence-electron chi connectivity index (χ3n) is 4.15. The summed E-state index contributed by atoms with van der Waals surface area (Å²) in [6.07, 6.45) is 5.71. The van der Waals surface area contributed by atoms with E-state index in [4.69, 9.17) is 0 Å². The average molecular weight is 343 g/mol. The van der Waals surface area contributed by atoms with E-state index < -0.39 is 0 Å². The van der Waals surface area contributed by atoms with Crippen LogP contribution in [-0.2, 0) is 6.54 Å². The fourth-order valence-electron chi connectivity index (χ4n) is 2.97. The molecule has 0 aromatic carbocycles. The monoisotopic (exact) mass is 343 g/mol. The molecule has 2 aromatic rings. The van der Waals surface area contributed by atoms with Crippen LogP contribution in [0.1, 0.15) is 44.7 Å². The number of thiophene rings is 1. The molecule has 0 bridgehead atoms. The molecule has 6 heteroatoms. The Balaban J connectivity index is 1.56. The minimum absolute atomic E-state index is 0.000591. The highest BCUT2D eigenvalue weighted by atomic mass is 32.1. The molecule has 3 heterocycles. The van der Waals surface area contributed by atoms with Crippen LogP contribution in [0.5, 0.6) is 0 Å².